The molecule has 0 aliphatic carbocycles. The molecule has 1 N–H and O–H groups in total. The monoisotopic (exact) mass is 459 g/mol. The molecule has 0 saturated carbocycles. The molecule has 6 nitrogen and oxygen atoms in total. The summed E-state index contributed by atoms with van der Waals surface area (Å²) < 4.78 is 30.0. The van der Waals surface area contributed by atoms with Crippen LogP contribution in [-0.2, 0) is 16.1 Å². The Labute approximate surface area is 195 Å². The lowest BCUT2D eigenvalue weighted by Gasteiger charge is -2.10. The van der Waals surface area contributed by atoms with E-state index in [2.05, 4.69) is 5.32 Å². The molecule has 0 bridgehead atoms. The summed E-state index contributed by atoms with van der Waals surface area (Å²) in [5, 5.41) is 3.73. The number of rotatable bonds is 6. The summed E-state index contributed by atoms with van der Waals surface area (Å²) in [5.41, 5.74) is 3.07. The minimum absolute atomic E-state index is 0.234. The molecule has 1 fully saturated rings. The molecule has 0 spiro atoms. The first-order valence-corrected chi connectivity index (χ1v) is 11.1. The van der Waals surface area contributed by atoms with Crippen LogP contribution in [0.3, 0.4) is 0 Å². The fourth-order valence-corrected chi connectivity index (χ4v) is 4.07. The molecular weight excluding hydrogens is 437 g/mol. The van der Waals surface area contributed by atoms with E-state index in [1.54, 1.807) is 30.3 Å². The number of halogens is 1. The molecule has 0 amide bonds. The number of benzene rings is 3. The van der Waals surface area contributed by atoms with Gasteiger partial charge < -0.3 is 19.2 Å². The fraction of sp³-hybridized carbons (Fsp3) is 0.185. The molecular formula is C27H22FNO5. The zero-order valence-corrected chi connectivity index (χ0v) is 18.3. The van der Waals surface area contributed by atoms with E-state index in [0.29, 0.717) is 23.1 Å². The lowest BCUT2D eigenvalue weighted by molar-refractivity contribution is -0.139. The number of carbonyl (C=O) groups is 2. The van der Waals surface area contributed by atoms with Gasteiger partial charge in [-0.15, -0.1) is 0 Å². The van der Waals surface area contributed by atoms with Gasteiger partial charge in [-0.2, -0.15) is 0 Å². The molecule has 1 aliphatic heterocycles. The SMILES string of the molecule is O=C(OC(=O)[C@@H]1CCCN1)c1cccc(COc2ccc(-c3ccc(F)c4occc34)cc2)c1. The Balaban J connectivity index is 1.23. The Kier molecular flexibility index (Phi) is 6.10. The van der Waals surface area contributed by atoms with Crippen LogP contribution in [-0.4, -0.2) is 24.5 Å². The van der Waals surface area contributed by atoms with Crippen LogP contribution in [0.25, 0.3) is 22.1 Å². The van der Waals surface area contributed by atoms with E-state index in [4.69, 9.17) is 13.9 Å². The summed E-state index contributed by atoms with van der Waals surface area (Å²) >= 11 is 0. The maximum absolute atomic E-state index is 13.9. The first kappa shape index (κ1) is 21.9. The predicted octanol–water partition coefficient (Wildman–Crippen LogP) is 5.25. The Bertz CT molecular complexity index is 1340. The smallest absolute Gasteiger partial charge is 0.345 e. The van der Waals surface area contributed by atoms with Crippen molar-refractivity contribution in [1.29, 1.82) is 0 Å². The van der Waals surface area contributed by atoms with Crippen molar-refractivity contribution in [2.45, 2.75) is 25.5 Å². The Morgan fingerprint density at radius 1 is 1.06 bits per heavy atom. The van der Waals surface area contributed by atoms with Crippen LogP contribution in [0.1, 0.15) is 28.8 Å². The Hall–Kier alpha value is -3.97. The highest BCUT2D eigenvalue weighted by atomic mass is 19.1. The van der Waals surface area contributed by atoms with Crippen LogP contribution >= 0.6 is 0 Å². The quantitative estimate of drug-likeness (QED) is 0.313. The maximum atomic E-state index is 13.9. The molecule has 4 aromatic rings. The highest BCUT2D eigenvalue weighted by Crippen LogP contribution is 2.32. The molecule has 1 aromatic heterocycles. The number of carbonyl (C=O) groups excluding carboxylic acids is 2. The van der Waals surface area contributed by atoms with Gasteiger partial charge in [-0.3, -0.25) is 0 Å². The van der Waals surface area contributed by atoms with Crippen molar-refractivity contribution in [3.8, 4) is 16.9 Å². The van der Waals surface area contributed by atoms with Crippen molar-refractivity contribution in [3.63, 3.8) is 0 Å². The summed E-state index contributed by atoms with van der Waals surface area (Å²) in [7, 11) is 0. The van der Waals surface area contributed by atoms with Gasteiger partial charge in [0.1, 0.15) is 18.4 Å². The molecule has 34 heavy (non-hydrogen) atoms. The third-order valence-corrected chi connectivity index (χ3v) is 5.84. The van der Waals surface area contributed by atoms with E-state index in [0.717, 1.165) is 29.7 Å². The predicted molar refractivity (Wildman–Crippen MR) is 124 cm³/mol. The molecule has 3 aromatic carbocycles. The van der Waals surface area contributed by atoms with E-state index < -0.39 is 23.8 Å². The van der Waals surface area contributed by atoms with Crippen LogP contribution in [0.15, 0.2) is 77.4 Å². The molecule has 5 rings (SSSR count). The standard InChI is InChI=1S/C27H22FNO5/c28-23-11-10-21(22-12-14-32-25(22)23)18-6-8-20(9-7-18)33-16-17-3-1-4-19(15-17)26(30)34-27(31)24-5-2-13-29-24/h1,3-4,6-12,14-15,24,29H,2,5,13,16H2/t24-/m0/s1. The lowest BCUT2D eigenvalue weighted by atomic mass is 10.0. The molecule has 0 radical (unpaired) electrons. The normalized spacial score (nSPS) is 15.4. The van der Waals surface area contributed by atoms with E-state index in [1.165, 1.54) is 12.3 Å². The first-order valence-electron chi connectivity index (χ1n) is 11.1. The van der Waals surface area contributed by atoms with Crippen molar-refractivity contribution >= 4 is 22.9 Å². The third-order valence-electron chi connectivity index (χ3n) is 5.84. The second-order valence-electron chi connectivity index (χ2n) is 8.13. The highest BCUT2D eigenvalue weighted by molar-refractivity contribution is 5.98. The van der Waals surface area contributed by atoms with Crippen LogP contribution < -0.4 is 10.1 Å². The van der Waals surface area contributed by atoms with Crippen LogP contribution in [0.5, 0.6) is 5.75 Å². The van der Waals surface area contributed by atoms with E-state index in [9.17, 15) is 14.0 Å². The Morgan fingerprint density at radius 2 is 1.91 bits per heavy atom. The summed E-state index contributed by atoms with van der Waals surface area (Å²) in [6.45, 7) is 0.987. The minimum atomic E-state index is -0.672. The summed E-state index contributed by atoms with van der Waals surface area (Å²) in [5.74, 6) is -0.966. The molecule has 0 unspecified atom stereocenters. The molecule has 7 heteroatoms. The van der Waals surface area contributed by atoms with Gasteiger partial charge in [0.2, 0.25) is 0 Å². The summed E-state index contributed by atoms with van der Waals surface area (Å²) in [6, 6.07) is 18.7. The number of furan rings is 1. The average Bonchev–Trinajstić information content (AvgIpc) is 3.57. The van der Waals surface area contributed by atoms with Crippen molar-refractivity contribution in [2.24, 2.45) is 0 Å². The van der Waals surface area contributed by atoms with Gasteiger partial charge >= 0.3 is 11.9 Å². The van der Waals surface area contributed by atoms with Crippen molar-refractivity contribution < 1.29 is 27.9 Å². The van der Waals surface area contributed by atoms with Gasteiger partial charge in [-0.05, 0) is 72.5 Å². The highest BCUT2D eigenvalue weighted by Gasteiger charge is 2.26. The fourth-order valence-electron chi connectivity index (χ4n) is 4.07. The number of fused-ring (bicyclic) bond motifs is 1. The number of nitrogens with one attached hydrogen (secondary N) is 1. The molecule has 2 heterocycles. The average molecular weight is 459 g/mol. The summed E-state index contributed by atoms with van der Waals surface area (Å²) in [6.07, 6.45) is 3.03. The second kappa shape index (κ2) is 9.49. The van der Waals surface area contributed by atoms with Gasteiger partial charge in [0.25, 0.3) is 0 Å². The van der Waals surface area contributed by atoms with Gasteiger partial charge in [0.15, 0.2) is 11.4 Å². The van der Waals surface area contributed by atoms with Crippen molar-refractivity contribution in [2.75, 3.05) is 6.54 Å². The van der Waals surface area contributed by atoms with E-state index >= 15 is 0 Å². The number of hydrogen-bond donors (Lipinski definition) is 1. The van der Waals surface area contributed by atoms with Crippen molar-refractivity contribution in [3.05, 3.63) is 89.9 Å². The van der Waals surface area contributed by atoms with Gasteiger partial charge in [-0.1, -0.05) is 30.3 Å². The largest absolute Gasteiger partial charge is 0.489 e. The molecule has 172 valence electrons. The zero-order valence-electron chi connectivity index (χ0n) is 18.3. The van der Waals surface area contributed by atoms with Gasteiger partial charge in [0.05, 0.1) is 11.8 Å². The number of ether oxygens (including phenoxy) is 2. The van der Waals surface area contributed by atoms with Gasteiger partial charge in [-0.25, -0.2) is 14.0 Å². The molecule has 1 atom stereocenters. The van der Waals surface area contributed by atoms with Crippen LogP contribution in [0.2, 0.25) is 0 Å². The van der Waals surface area contributed by atoms with E-state index in [-0.39, 0.29) is 12.2 Å². The molecule has 1 saturated heterocycles. The number of hydrogen-bond acceptors (Lipinski definition) is 6. The van der Waals surface area contributed by atoms with Crippen LogP contribution in [0, 0.1) is 5.82 Å². The Morgan fingerprint density at radius 3 is 2.71 bits per heavy atom. The topological polar surface area (TPSA) is 77.8 Å². The minimum Gasteiger partial charge on any atom is -0.489 e. The van der Waals surface area contributed by atoms with Crippen LogP contribution in [0.4, 0.5) is 4.39 Å². The first-order chi connectivity index (χ1) is 16.6. The summed E-state index contributed by atoms with van der Waals surface area (Å²) in [4.78, 5) is 24.4. The molecule has 1 aliphatic rings. The van der Waals surface area contributed by atoms with Crippen molar-refractivity contribution in [1.82, 2.24) is 5.32 Å². The number of esters is 2. The second-order valence-corrected chi connectivity index (χ2v) is 8.13. The zero-order chi connectivity index (χ0) is 23.5. The maximum Gasteiger partial charge on any atom is 0.345 e. The van der Waals surface area contributed by atoms with Gasteiger partial charge in [0, 0.05) is 5.39 Å². The third kappa shape index (κ3) is 4.56. The lowest BCUT2D eigenvalue weighted by Crippen LogP contribution is -2.33. The van der Waals surface area contributed by atoms with E-state index in [1.807, 2.05) is 30.3 Å².